The van der Waals surface area contributed by atoms with Crippen LogP contribution < -0.4 is 4.90 Å². The summed E-state index contributed by atoms with van der Waals surface area (Å²) in [7, 11) is 0. The molecule has 0 amide bonds. The van der Waals surface area contributed by atoms with Crippen LogP contribution >= 0.6 is 0 Å². The largest absolute Gasteiger partial charge is 0.416 e. The van der Waals surface area contributed by atoms with Gasteiger partial charge in [-0.25, -0.2) is 0 Å². The summed E-state index contributed by atoms with van der Waals surface area (Å²) in [5, 5.41) is 0. The molecule has 0 atom stereocenters. The van der Waals surface area contributed by atoms with Crippen molar-refractivity contribution < 1.29 is 13.2 Å². The van der Waals surface area contributed by atoms with Gasteiger partial charge in [0.05, 0.1) is 11.3 Å². The first-order valence-corrected chi connectivity index (χ1v) is 11.0. The summed E-state index contributed by atoms with van der Waals surface area (Å²) < 4.78 is 40.0. The number of alkyl halides is 3. The van der Waals surface area contributed by atoms with Gasteiger partial charge in [0.2, 0.25) is 0 Å². The second kappa shape index (κ2) is 8.47. The van der Waals surface area contributed by atoms with E-state index in [4.69, 9.17) is 0 Å². The lowest BCUT2D eigenvalue weighted by Gasteiger charge is -2.31. The Bertz CT molecular complexity index is 1130. The Morgan fingerprint density at radius 2 is 1.59 bits per heavy atom. The molecule has 0 saturated carbocycles. The lowest BCUT2D eigenvalue weighted by molar-refractivity contribution is -0.137. The molecule has 3 aromatic rings. The predicted octanol–water partition coefficient (Wildman–Crippen LogP) is 7.13. The van der Waals surface area contributed by atoms with Crippen LogP contribution in [0.1, 0.15) is 29.5 Å². The minimum atomic E-state index is -4.37. The zero-order chi connectivity index (χ0) is 22.1. The van der Waals surface area contributed by atoms with E-state index in [2.05, 4.69) is 40.1 Å². The number of nitrogens with zero attached hydrogens (tertiary/aromatic N) is 2. The molecule has 2 heterocycles. The lowest BCUT2D eigenvalue weighted by atomic mass is 9.95. The number of hydrogen-bond acceptors (Lipinski definition) is 2. The Balaban J connectivity index is 1.50. The van der Waals surface area contributed by atoms with Crippen molar-refractivity contribution in [1.29, 1.82) is 0 Å². The summed E-state index contributed by atoms with van der Waals surface area (Å²) in [6.45, 7) is 3.96. The van der Waals surface area contributed by atoms with Crippen LogP contribution in [0.3, 0.4) is 0 Å². The maximum absolute atomic E-state index is 13.3. The molecule has 2 aliphatic rings. The van der Waals surface area contributed by atoms with Gasteiger partial charge in [-0.2, -0.15) is 13.2 Å². The van der Waals surface area contributed by atoms with Crippen molar-refractivity contribution >= 4 is 17.5 Å². The van der Waals surface area contributed by atoms with Gasteiger partial charge in [-0.05, 0) is 66.9 Å². The predicted molar refractivity (Wildman–Crippen MR) is 124 cm³/mol. The van der Waals surface area contributed by atoms with Crippen LogP contribution in [-0.4, -0.2) is 24.5 Å². The summed E-state index contributed by atoms with van der Waals surface area (Å²) in [5.41, 5.74) is 5.03. The first kappa shape index (κ1) is 20.8. The van der Waals surface area contributed by atoms with Crippen molar-refractivity contribution in [3.8, 4) is 11.1 Å². The Hall–Kier alpha value is -3.05. The Kier molecular flexibility index (Phi) is 5.51. The zero-order valence-corrected chi connectivity index (χ0v) is 17.8. The molecule has 0 bridgehead atoms. The minimum absolute atomic E-state index is 0.572. The molecule has 164 valence electrons. The number of para-hydroxylation sites is 1. The van der Waals surface area contributed by atoms with Crippen molar-refractivity contribution in [2.45, 2.75) is 25.6 Å². The number of anilines is 2. The molecule has 0 unspecified atom stereocenters. The maximum atomic E-state index is 13.3. The Labute approximate surface area is 186 Å². The first-order valence-electron chi connectivity index (χ1n) is 11.0. The van der Waals surface area contributed by atoms with E-state index >= 15 is 0 Å². The van der Waals surface area contributed by atoms with E-state index in [0.29, 0.717) is 12.1 Å². The third-order valence-electron chi connectivity index (χ3n) is 6.28. The topological polar surface area (TPSA) is 6.48 Å². The average Bonchev–Trinajstić information content (AvgIpc) is 3.31. The van der Waals surface area contributed by atoms with E-state index in [9.17, 15) is 13.2 Å². The summed E-state index contributed by atoms with van der Waals surface area (Å²) in [4.78, 5) is 4.66. The molecule has 5 rings (SSSR count). The molecular formula is C27H25F3N2. The van der Waals surface area contributed by atoms with Crippen molar-refractivity contribution in [2.75, 3.05) is 24.5 Å². The summed E-state index contributed by atoms with van der Waals surface area (Å²) in [6.07, 6.45) is 2.32. The average molecular weight is 435 g/mol. The van der Waals surface area contributed by atoms with Gasteiger partial charge in [0, 0.05) is 24.3 Å². The van der Waals surface area contributed by atoms with Gasteiger partial charge in [-0.15, -0.1) is 0 Å². The monoisotopic (exact) mass is 434 g/mol. The highest BCUT2D eigenvalue weighted by atomic mass is 19.4. The highest BCUT2D eigenvalue weighted by Crippen LogP contribution is 2.42. The van der Waals surface area contributed by atoms with E-state index in [1.807, 2.05) is 24.3 Å². The lowest BCUT2D eigenvalue weighted by Crippen LogP contribution is -2.21. The van der Waals surface area contributed by atoms with Crippen LogP contribution in [0.4, 0.5) is 24.5 Å². The van der Waals surface area contributed by atoms with E-state index in [0.717, 1.165) is 48.2 Å². The van der Waals surface area contributed by atoms with E-state index < -0.39 is 11.7 Å². The number of hydrogen-bond donors (Lipinski definition) is 0. The van der Waals surface area contributed by atoms with Crippen LogP contribution in [0.2, 0.25) is 0 Å². The van der Waals surface area contributed by atoms with Crippen LogP contribution in [0.15, 0.2) is 72.8 Å². The molecule has 32 heavy (non-hydrogen) atoms. The smallest absolute Gasteiger partial charge is 0.337 e. The summed E-state index contributed by atoms with van der Waals surface area (Å²) >= 11 is 0. The highest BCUT2D eigenvalue weighted by Gasteiger charge is 2.31. The molecule has 1 fully saturated rings. The standard InChI is InChI=1S/C27H25F3N2/c28-27(29,30)23-9-3-7-22(18-23)25-10-4-6-21-8-5-17-32(26(21)25)24-13-11-20(12-14-24)19-31-15-1-2-16-31/h3-14,18H,1-2,15-17,19H2. The second-order valence-electron chi connectivity index (χ2n) is 8.48. The molecule has 5 heteroatoms. The van der Waals surface area contributed by atoms with Crippen molar-refractivity contribution in [3.63, 3.8) is 0 Å². The van der Waals surface area contributed by atoms with Crippen LogP contribution in [0, 0.1) is 0 Å². The molecule has 0 N–H and O–H groups in total. The van der Waals surface area contributed by atoms with Crippen LogP contribution in [0.5, 0.6) is 0 Å². The molecule has 0 aromatic heterocycles. The number of rotatable bonds is 4. The van der Waals surface area contributed by atoms with Gasteiger partial charge in [0.25, 0.3) is 0 Å². The molecule has 0 aliphatic carbocycles. The number of fused-ring (bicyclic) bond motifs is 1. The molecule has 2 aliphatic heterocycles. The fourth-order valence-electron chi connectivity index (χ4n) is 4.68. The molecule has 2 nitrogen and oxygen atoms in total. The van der Waals surface area contributed by atoms with E-state index in [1.54, 1.807) is 6.07 Å². The second-order valence-corrected chi connectivity index (χ2v) is 8.48. The molecule has 0 radical (unpaired) electrons. The zero-order valence-electron chi connectivity index (χ0n) is 17.8. The van der Waals surface area contributed by atoms with Gasteiger partial charge < -0.3 is 4.90 Å². The van der Waals surface area contributed by atoms with Gasteiger partial charge in [-0.3, -0.25) is 4.90 Å². The highest BCUT2D eigenvalue weighted by molar-refractivity contribution is 5.90. The van der Waals surface area contributed by atoms with E-state index in [1.165, 1.54) is 30.5 Å². The SMILES string of the molecule is FC(F)(F)c1cccc(-c2cccc3c2N(c2ccc(CN4CCCC4)cc2)CC=C3)c1. The van der Waals surface area contributed by atoms with Crippen molar-refractivity contribution in [1.82, 2.24) is 4.90 Å². The van der Waals surface area contributed by atoms with Gasteiger partial charge in [0.1, 0.15) is 0 Å². The Morgan fingerprint density at radius 1 is 0.844 bits per heavy atom. The van der Waals surface area contributed by atoms with Gasteiger partial charge in [0.15, 0.2) is 0 Å². The number of likely N-dealkylation sites (tertiary alicyclic amines) is 1. The molecule has 1 saturated heterocycles. The normalized spacial score (nSPS) is 16.4. The third-order valence-corrected chi connectivity index (χ3v) is 6.28. The Morgan fingerprint density at radius 3 is 2.34 bits per heavy atom. The summed E-state index contributed by atoms with van der Waals surface area (Å²) in [6, 6.07) is 20.0. The quantitative estimate of drug-likeness (QED) is 0.431. The van der Waals surface area contributed by atoms with Gasteiger partial charge in [-0.1, -0.05) is 54.6 Å². The molecular weight excluding hydrogens is 409 g/mol. The van der Waals surface area contributed by atoms with Crippen molar-refractivity contribution in [3.05, 3.63) is 89.5 Å². The van der Waals surface area contributed by atoms with Crippen LogP contribution in [-0.2, 0) is 12.7 Å². The maximum Gasteiger partial charge on any atom is 0.416 e. The van der Waals surface area contributed by atoms with Gasteiger partial charge >= 0.3 is 6.18 Å². The fourth-order valence-corrected chi connectivity index (χ4v) is 4.68. The van der Waals surface area contributed by atoms with Crippen molar-refractivity contribution in [2.24, 2.45) is 0 Å². The third kappa shape index (κ3) is 4.17. The van der Waals surface area contributed by atoms with Crippen LogP contribution in [0.25, 0.3) is 17.2 Å². The fraction of sp³-hybridized carbons (Fsp3) is 0.259. The number of halogens is 3. The minimum Gasteiger partial charge on any atom is -0.337 e. The first-order chi connectivity index (χ1) is 15.5. The van der Waals surface area contributed by atoms with E-state index in [-0.39, 0.29) is 0 Å². The molecule has 0 spiro atoms. The molecule has 3 aromatic carbocycles. The summed E-state index contributed by atoms with van der Waals surface area (Å²) in [5.74, 6) is 0. The number of benzene rings is 3.